The Kier molecular flexibility index (Phi) is 3.71. The fraction of sp³-hybridized carbons (Fsp3) is 0.533. The molecule has 0 spiro atoms. The van der Waals surface area contributed by atoms with Gasteiger partial charge in [0.15, 0.2) is 0 Å². The van der Waals surface area contributed by atoms with Gasteiger partial charge in [0.25, 0.3) is 0 Å². The van der Waals surface area contributed by atoms with Crippen molar-refractivity contribution in [3.8, 4) is 0 Å². The van der Waals surface area contributed by atoms with Gasteiger partial charge >= 0.3 is 0 Å². The van der Waals surface area contributed by atoms with E-state index in [1.807, 2.05) is 32.0 Å². The predicted molar refractivity (Wildman–Crippen MR) is 72.6 cm³/mol. The second kappa shape index (κ2) is 5.11. The smallest absolute Gasteiger partial charge is 0.227 e. The Bertz CT molecular complexity index is 448. The van der Waals surface area contributed by atoms with Crippen molar-refractivity contribution in [1.82, 2.24) is 0 Å². The second-order valence-electron chi connectivity index (χ2n) is 5.47. The molecule has 1 saturated carbocycles. The summed E-state index contributed by atoms with van der Waals surface area (Å²) in [6.45, 7) is 4.01. The Hall–Kier alpha value is -1.35. The van der Waals surface area contributed by atoms with Crippen LogP contribution in [0.4, 0.5) is 5.69 Å². The maximum Gasteiger partial charge on any atom is 0.227 e. The number of carbonyl (C=O) groups is 1. The van der Waals surface area contributed by atoms with E-state index in [1.165, 1.54) is 5.56 Å². The Morgan fingerprint density at radius 2 is 2.00 bits per heavy atom. The van der Waals surface area contributed by atoms with Crippen LogP contribution in [0.3, 0.4) is 0 Å². The highest BCUT2D eigenvalue weighted by molar-refractivity contribution is 5.92. The third kappa shape index (κ3) is 3.10. The maximum atomic E-state index is 11.9. The van der Waals surface area contributed by atoms with Crippen LogP contribution in [0.2, 0.25) is 0 Å². The van der Waals surface area contributed by atoms with Gasteiger partial charge in [0.1, 0.15) is 0 Å². The first-order valence-electron chi connectivity index (χ1n) is 6.58. The SMILES string of the molecule is Cc1ccc(NC(=O)CC2(O)CCCC2)c(C)c1. The number of amides is 1. The van der Waals surface area contributed by atoms with Crippen molar-refractivity contribution in [1.29, 1.82) is 0 Å². The molecule has 1 aromatic carbocycles. The van der Waals surface area contributed by atoms with E-state index < -0.39 is 5.60 Å². The molecule has 1 amide bonds. The van der Waals surface area contributed by atoms with E-state index in [0.717, 1.165) is 36.9 Å². The lowest BCUT2D eigenvalue weighted by Gasteiger charge is -2.21. The van der Waals surface area contributed by atoms with Gasteiger partial charge < -0.3 is 10.4 Å². The Labute approximate surface area is 108 Å². The van der Waals surface area contributed by atoms with Crippen LogP contribution < -0.4 is 5.32 Å². The van der Waals surface area contributed by atoms with Gasteiger partial charge in [-0.1, -0.05) is 30.5 Å². The van der Waals surface area contributed by atoms with Gasteiger partial charge in [-0.05, 0) is 38.3 Å². The van der Waals surface area contributed by atoms with Crippen LogP contribution >= 0.6 is 0 Å². The van der Waals surface area contributed by atoms with Crippen LogP contribution in [-0.4, -0.2) is 16.6 Å². The molecule has 98 valence electrons. The van der Waals surface area contributed by atoms with Crippen molar-refractivity contribution in [2.24, 2.45) is 0 Å². The molecule has 1 aliphatic carbocycles. The van der Waals surface area contributed by atoms with Crippen LogP contribution in [0, 0.1) is 13.8 Å². The number of aliphatic hydroxyl groups is 1. The lowest BCUT2D eigenvalue weighted by atomic mass is 9.97. The highest BCUT2D eigenvalue weighted by atomic mass is 16.3. The number of anilines is 1. The van der Waals surface area contributed by atoms with Crippen LogP contribution in [-0.2, 0) is 4.79 Å². The van der Waals surface area contributed by atoms with E-state index >= 15 is 0 Å². The van der Waals surface area contributed by atoms with Crippen LogP contribution in [0.25, 0.3) is 0 Å². The van der Waals surface area contributed by atoms with Gasteiger partial charge in [-0.15, -0.1) is 0 Å². The molecular formula is C15H21NO2. The Morgan fingerprint density at radius 1 is 1.33 bits per heavy atom. The van der Waals surface area contributed by atoms with Crippen molar-refractivity contribution in [2.45, 2.75) is 51.6 Å². The van der Waals surface area contributed by atoms with Crippen LogP contribution in [0.1, 0.15) is 43.2 Å². The molecule has 1 aromatic rings. The van der Waals surface area contributed by atoms with E-state index in [-0.39, 0.29) is 12.3 Å². The quantitative estimate of drug-likeness (QED) is 0.862. The standard InChI is InChI=1S/C15H21NO2/c1-11-5-6-13(12(2)9-11)16-14(17)10-15(18)7-3-4-8-15/h5-6,9,18H,3-4,7-8,10H2,1-2H3,(H,16,17). The Balaban J connectivity index is 1.98. The molecule has 1 aliphatic rings. The molecule has 0 saturated heterocycles. The molecule has 0 radical (unpaired) electrons. The third-order valence-electron chi connectivity index (χ3n) is 3.68. The molecule has 0 heterocycles. The number of benzene rings is 1. The average molecular weight is 247 g/mol. The number of nitrogens with one attached hydrogen (secondary N) is 1. The van der Waals surface area contributed by atoms with E-state index in [2.05, 4.69) is 5.32 Å². The molecule has 2 rings (SSSR count). The van der Waals surface area contributed by atoms with Crippen molar-refractivity contribution in [3.05, 3.63) is 29.3 Å². The topological polar surface area (TPSA) is 49.3 Å². The van der Waals surface area contributed by atoms with Gasteiger partial charge in [-0.25, -0.2) is 0 Å². The molecule has 0 aliphatic heterocycles. The molecule has 0 atom stereocenters. The van der Waals surface area contributed by atoms with E-state index in [1.54, 1.807) is 0 Å². The minimum atomic E-state index is -0.775. The first-order valence-corrected chi connectivity index (χ1v) is 6.58. The fourth-order valence-corrected chi connectivity index (χ4v) is 2.66. The zero-order valence-corrected chi connectivity index (χ0v) is 11.1. The highest BCUT2D eigenvalue weighted by Crippen LogP contribution is 2.32. The zero-order valence-electron chi connectivity index (χ0n) is 11.1. The maximum absolute atomic E-state index is 11.9. The minimum Gasteiger partial charge on any atom is -0.389 e. The summed E-state index contributed by atoms with van der Waals surface area (Å²) < 4.78 is 0. The first kappa shape index (κ1) is 13.1. The molecule has 0 unspecified atom stereocenters. The summed E-state index contributed by atoms with van der Waals surface area (Å²) in [5, 5.41) is 13.1. The average Bonchev–Trinajstić information content (AvgIpc) is 2.69. The largest absolute Gasteiger partial charge is 0.389 e. The van der Waals surface area contributed by atoms with Crippen molar-refractivity contribution in [2.75, 3.05) is 5.32 Å². The molecule has 18 heavy (non-hydrogen) atoms. The lowest BCUT2D eigenvalue weighted by Crippen LogP contribution is -2.30. The number of carbonyl (C=O) groups excluding carboxylic acids is 1. The van der Waals surface area contributed by atoms with Crippen LogP contribution in [0.5, 0.6) is 0 Å². The van der Waals surface area contributed by atoms with Crippen molar-refractivity contribution in [3.63, 3.8) is 0 Å². The van der Waals surface area contributed by atoms with E-state index in [4.69, 9.17) is 0 Å². The Morgan fingerprint density at radius 3 is 2.61 bits per heavy atom. The number of aryl methyl sites for hydroxylation is 2. The van der Waals surface area contributed by atoms with E-state index in [9.17, 15) is 9.90 Å². The summed E-state index contributed by atoms with van der Waals surface area (Å²) in [6, 6.07) is 5.94. The fourth-order valence-electron chi connectivity index (χ4n) is 2.66. The van der Waals surface area contributed by atoms with Gasteiger partial charge in [0, 0.05) is 5.69 Å². The predicted octanol–water partition coefficient (Wildman–Crippen LogP) is 2.94. The van der Waals surface area contributed by atoms with Gasteiger partial charge in [0.2, 0.25) is 5.91 Å². The minimum absolute atomic E-state index is 0.0913. The summed E-state index contributed by atoms with van der Waals surface area (Å²) in [5.74, 6) is -0.0913. The number of hydrogen-bond acceptors (Lipinski definition) is 2. The number of rotatable bonds is 3. The molecular weight excluding hydrogens is 226 g/mol. The van der Waals surface area contributed by atoms with Gasteiger partial charge in [0.05, 0.1) is 12.0 Å². The van der Waals surface area contributed by atoms with Crippen molar-refractivity contribution < 1.29 is 9.90 Å². The van der Waals surface area contributed by atoms with Crippen LogP contribution in [0.15, 0.2) is 18.2 Å². The molecule has 3 nitrogen and oxygen atoms in total. The summed E-state index contributed by atoms with van der Waals surface area (Å²) in [7, 11) is 0. The second-order valence-corrected chi connectivity index (χ2v) is 5.47. The summed E-state index contributed by atoms with van der Waals surface area (Å²) in [6.07, 6.45) is 3.74. The molecule has 0 aromatic heterocycles. The highest BCUT2D eigenvalue weighted by Gasteiger charge is 2.33. The molecule has 2 N–H and O–H groups in total. The number of hydrogen-bond donors (Lipinski definition) is 2. The summed E-state index contributed by atoms with van der Waals surface area (Å²) in [4.78, 5) is 11.9. The zero-order chi connectivity index (χ0) is 13.2. The van der Waals surface area contributed by atoms with Gasteiger partial charge in [-0.3, -0.25) is 4.79 Å². The third-order valence-corrected chi connectivity index (χ3v) is 3.68. The van der Waals surface area contributed by atoms with Crippen molar-refractivity contribution >= 4 is 11.6 Å². The van der Waals surface area contributed by atoms with E-state index in [0.29, 0.717) is 0 Å². The van der Waals surface area contributed by atoms with Gasteiger partial charge in [-0.2, -0.15) is 0 Å². The summed E-state index contributed by atoms with van der Waals surface area (Å²) >= 11 is 0. The molecule has 0 bridgehead atoms. The summed E-state index contributed by atoms with van der Waals surface area (Å²) in [5.41, 5.74) is 2.30. The monoisotopic (exact) mass is 247 g/mol. The lowest BCUT2D eigenvalue weighted by molar-refractivity contribution is -0.120. The molecule has 1 fully saturated rings. The first-order chi connectivity index (χ1) is 8.48. The normalized spacial score (nSPS) is 17.7. The molecule has 3 heteroatoms.